The highest BCUT2D eigenvalue weighted by atomic mass is 15.0. The van der Waals surface area contributed by atoms with Gasteiger partial charge in [0.25, 0.3) is 0 Å². The van der Waals surface area contributed by atoms with Gasteiger partial charge in [0.05, 0.1) is 45.0 Å². The zero-order valence-electron chi connectivity index (χ0n) is 30.3. The van der Waals surface area contributed by atoms with Gasteiger partial charge in [-0.15, -0.1) is 0 Å². The van der Waals surface area contributed by atoms with E-state index in [-0.39, 0.29) is 0 Å². The summed E-state index contributed by atoms with van der Waals surface area (Å²) in [5.74, 6) is 0. The Kier molecular flexibility index (Phi) is 6.60. The van der Waals surface area contributed by atoms with E-state index in [4.69, 9.17) is 9.97 Å². The van der Waals surface area contributed by atoms with Crippen LogP contribution in [0.5, 0.6) is 0 Å². The van der Waals surface area contributed by atoms with Crippen molar-refractivity contribution in [3.8, 4) is 33.8 Å². The van der Waals surface area contributed by atoms with Gasteiger partial charge in [0.15, 0.2) is 0 Å². The first kappa shape index (κ1) is 30.9. The average Bonchev–Trinajstić information content (AvgIpc) is 3.79. The molecule has 0 radical (unpaired) electrons. The molecule has 0 amide bonds. The molecule has 4 nitrogen and oxygen atoms in total. The molecular weight excluding hydrogens is 681 g/mol. The lowest BCUT2D eigenvalue weighted by Gasteiger charge is -2.12. The first-order valence-corrected chi connectivity index (χ1v) is 19.1. The van der Waals surface area contributed by atoms with Gasteiger partial charge in [-0.3, -0.25) is 4.98 Å². The van der Waals surface area contributed by atoms with Gasteiger partial charge < -0.3 is 9.13 Å². The third-order valence-electron chi connectivity index (χ3n) is 11.5. The van der Waals surface area contributed by atoms with E-state index >= 15 is 0 Å². The third-order valence-corrected chi connectivity index (χ3v) is 11.5. The highest BCUT2D eigenvalue weighted by Gasteiger charge is 2.17. The standard InChI is InChI=1S/C52H32N4/c1-2-12-36(13-3-1)56-47-20-10-8-16-40(47)42-28-24-35(31-50(42)56)34-25-29-49-45(30-34)41-17-9-11-21-48(41)55(49)37-26-22-33(23-27-37)46-32-53-51-43-18-6-4-14-38(43)39-15-5-7-19-44(39)52(51)54-46/h1-32H. The van der Waals surface area contributed by atoms with Crippen molar-refractivity contribution in [2.75, 3.05) is 0 Å². The largest absolute Gasteiger partial charge is 0.309 e. The van der Waals surface area contributed by atoms with Crippen molar-refractivity contribution in [1.82, 2.24) is 19.1 Å². The van der Waals surface area contributed by atoms with Crippen molar-refractivity contribution in [2.24, 2.45) is 0 Å². The molecule has 0 fully saturated rings. The lowest BCUT2D eigenvalue weighted by Crippen LogP contribution is -1.95. The van der Waals surface area contributed by atoms with Gasteiger partial charge in [0.1, 0.15) is 0 Å². The van der Waals surface area contributed by atoms with Crippen molar-refractivity contribution in [3.63, 3.8) is 0 Å². The van der Waals surface area contributed by atoms with Crippen LogP contribution in [0.3, 0.4) is 0 Å². The van der Waals surface area contributed by atoms with E-state index in [1.54, 1.807) is 0 Å². The Balaban J connectivity index is 0.972. The minimum atomic E-state index is 0.861. The summed E-state index contributed by atoms with van der Waals surface area (Å²) in [6.45, 7) is 0. The summed E-state index contributed by atoms with van der Waals surface area (Å²) in [7, 11) is 0. The van der Waals surface area contributed by atoms with Gasteiger partial charge in [-0.2, -0.15) is 0 Å². The fraction of sp³-hybridized carbons (Fsp3) is 0. The Morgan fingerprint density at radius 1 is 0.304 bits per heavy atom. The smallest absolute Gasteiger partial charge is 0.0979 e. The molecule has 0 atom stereocenters. The zero-order chi connectivity index (χ0) is 36.7. The van der Waals surface area contributed by atoms with E-state index in [1.807, 2.05) is 6.20 Å². The van der Waals surface area contributed by atoms with Gasteiger partial charge in [-0.25, -0.2) is 4.98 Å². The molecule has 3 heterocycles. The van der Waals surface area contributed by atoms with Crippen LogP contribution >= 0.6 is 0 Å². The second kappa shape index (κ2) is 12.0. The first-order valence-electron chi connectivity index (χ1n) is 19.1. The van der Waals surface area contributed by atoms with Gasteiger partial charge in [-0.1, -0.05) is 133 Å². The maximum absolute atomic E-state index is 5.24. The molecule has 3 aromatic heterocycles. The molecule has 0 saturated heterocycles. The number of aromatic nitrogens is 4. The molecule has 56 heavy (non-hydrogen) atoms. The predicted molar refractivity (Wildman–Crippen MR) is 234 cm³/mol. The number of hydrogen-bond acceptors (Lipinski definition) is 2. The predicted octanol–water partition coefficient (Wildman–Crippen LogP) is 13.5. The Morgan fingerprint density at radius 3 is 1.50 bits per heavy atom. The first-order chi connectivity index (χ1) is 27.8. The maximum atomic E-state index is 5.24. The minimum Gasteiger partial charge on any atom is -0.309 e. The van der Waals surface area contributed by atoms with E-state index in [9.17, 15) is 0 Å². The van der Waals surface area contributed by atoms with Crippen molar-refractivity contribution >= 4 is 76.2 Å². The molecule has 0 N–H and O–H groups in total. The zero-order valence-corrected chi connectivity index (χ0v) is 30.3. The molecule has 4 heteroatoms. The molecule has 9 aromatic carbocycles. The Morgan fingerprint density at radius 2 is 0.786 bits per heavy atom. The van der Waals surface area contributed by atoms with Gasteiger partial charge >= 0.3 is 0 Å². The van der Waals surface area contributed by atoms with E-state index in [0.717, 1.165) is 44.4 Å². The Hall–Kier alpha value is -7.56. The van der Waals surface area contributed by atoms with Crippen LogP contribution in [0, 0.1) is 0 Å². The number of fused-ring (bicyclic) bond motifs is 12. The van der Waals surface area contributed by atoms with Crippen LogP contribution in [-0.2, 0) is 0 Å². The summed E-state index contributed by atoms with van der Waals surface area (Å²) in [6.07, 6.45) is 1.91. The average molecular weight is 713 g/mol. The fourth-order valence-electron chi connectivity index (χ4n) is 8.98. The van der Waals surface area contributed by atoms with Crippen LogP contribution in [-0.4, -0.2) is 19.1 Å². The van der Waals surface area contributed by atoms with Crippen LogP contribution < -0.4 is 0 Å². The summed E-state index contributed by atoms with van der Waals surface area (Å²) in [5, 5.41) is 9.62. The van der Waals surface area contributed by atoms with Crippen LogP contribution in [0.1, 0.15) is 0 Å². The third kappa shape index (κ3) is 4.53. The van der Waals surface area contributed by atoms with Crippen LogP contribution in [0.15, 0.2) is 194 Å². The van der Waals surface area contributed by atoms with Crippen molar-refractivity contribution in [3.05, 3.63) is 194 Å². The SMILES string of the molecule is c1ccc(-n2c3ccccc3c3ccc(-c4ccc5c(c4)c4ccccc4n5-c4ccc(-c5cnc6c7ccccc7c7ccccc7c6n5)cc4)cc32)cc1. The topological polar surface area (TPSA) is 35.6 Å². The maximum Gasteiger partial charge on any atom is 0.0979 e. The van der Waals surface area contributed by atoms with Crippen molar-refractivity contribution < 1.29 is 0 Å². The molecular formula is C52H32N4. The molecule has 260 valence electrons. The van der Waals surface area contributed by atoms with Gasteiger partial charge in [0.2, 0.25) is 0 Å². The summed E-state index contributed by atoms with van der Waals surface area (Å²) in [6, 6.07) is 67.6. The van der Waals surface area contributed by atoms with Crippen LogP contribution in [0.4, 0.5) is 0 Å². The summed E-state index contributed by atoms with van der Waals surface area (Å²) < 4.78 is 4.76. The van der Waals surface area contributed by atoms with E-state index < -0.39 is 0 Å². The second-order valence-corrected chi connectivity index (χ2v) is 14.6. The lowest BCUT2D eigenvalue weighted by atomic mass is 9.99. The number of para-hydroxylation sites is 3. The molecule has 0 aliphatic heterocycles. The quantitative estimate of drug-likeness (QED) is 0.170. The van der Waals surface area contributed by atoms with Gasteiger partial charge in [-0.05, 0) is 76.5 Å². The number of hydrogen-bond donors (Lipinski definition) is 0. The number of nitrogens with zero attached hydrogens (tertiary/aromatic N) is 4. The lowest BCUT2D eigenvalue weighted by molar-refractivity contribution is 1.18. The van der Waals surface area contributed by atoms with E-state index in [0.29, 0.717) is 0 Å². The minimum absolute atomic E-state index is 0.861. The molecule has 0 aliphatic rings. The molecule has 0 aliphatic carbocycles. The summed E-state index contributed by atoms with van der Waals surface area (Å²) >= 11 is 0. The molecule has 0 unspecified atom stereocenters. The summed E-state index contributed by atoms with van der Waals surface area (Å²) in [4.78, 5) is 10.2. The Labute approximate surface area is 322 Å². The molecule has 12 aromatic rings. The van der Waals surface area contributed by atoms with Crippen LogP contribution in [0.2, 0.25) is 0 Å². The van der Waals surface area contributed by atoms with Crippen molar-refractivity contribution in [2.45, 2.75) is 0 Å². The monoisotopic (exact) mass is 712 g/mol. The van der Waals surface area contributed by atoms with E-state index in [2.05, 4.69) is 197 Å². The molecule has 12 rings (SSSR count). The molecule has 0 saturated carbocycles. The summed E-state index contributed by atoms with van der Waals surface area (Å²) in [5.41, 5.74) is 13.2. The van der Waals surface area contributed by atoms with Gasteiger partial charge in [0, 0.05) is 49.3 Å². The normalized spacial score (nSPS) is 11.9. The molecule has 0 bridgehead atoms. The van der Waals surface area contributed by atoms with Crippen LogP contribution in [0.25, 0.3) is 110 Å². The van der Waals surface area contributed by atoms with Crippen molar-refractivity contribution in [1.29, 1.82) is 0 Å². The Bertz CT molecular complexity index is 3480. The van der Waals surface area contributed by atoms with E-state index in [1.165, 1.54) is 65.5 Å². The number of benzene rings is 9. The number of rotatable bonds is 4. The highest BCUT2D eigenvalue weighted by molar-refractivity contribution is 6.23. The highest BCUT2D eigenvalue weighted by Crippen LogP contribution is 2.39. The fourth-order valence-corrected chi connectivity index (χ4v) is 8.98. The molecule has 0 spiro atoms. The second-order valence-electron chi connectivity index (χ2n) is 14.6.